The summed E-state index contributed by atoms with van der Waals surface area (Å²) in [5.41, 5.74) is 0.789. The van der Waals surface area contributed by atoms with Crippen LogP contribution in [-0.4, -0.2) is 25.0 Å². The van der Waals surface area contributed by atoms with E-state index in [-0.39, 0.29) is 11.9 Å². The van der Waals surface area contributed by atoms with Crippen molar-refractivity contribution in [1.29, 1.82) is 0 Å². The molecule has 0 saturated heterocycles. The zero-order chi connectivity index (χ0) is 15.8. The van der Waals surface area contributed by atoms with Gasteiger partial charge in [-0.3, -0.25) is 9.59 Å². The Hall–Kier alpha value is -2.56. The molecule has 0 aliphatic heterocycles. The van der Waals surface area contributed by atoms with Gasteiger partial charge >= 0.3 is 5.97 Å². The summed E-state index contributed by atoms with van der Waals surface area (Å²) in [7, 11) is 0. The van der Waals surface area contributed by atoms with Gasteiger partial charge in [-0.25, -0.2) is 0 Å². The van der Waals surface area contributed by atoms with Crippen molar-refractivity contribution in [2.45, 2.75) is 19.8 Å². The highest BCUT2D eigenvalue weighted by Gasteiger charge is 2.03. The van der Waals surface area contributed by atoms with Gasteiger partial charge in [-0.05, 0) is 31.6 Å². The third kappa shape index (κ3) is 4.77. The summed E-state index contributed by atoms with van der Waals surface area (Å²) >= 11 is 0. The minimum absolute atomic E-state index is 0.218. The quantitative estimate of drug-likeness (QED) is 0.485. The van der Waals surface area contributed by atoms with E-state index in [2.05, 4.69) is 5.32 Å². The van der Waals surface area contributed by atoms with E-state index in [0.29, 0.717) is 31.8 Å². The van der Waals surface area contributed by atoms with Crippen molar-refractivity contribution in [3.63, 3.8) is 0 Å². The van der Waals surface area contributed by atoms with E-state index in [9.17, 15) is 9.59 Å². The lowest BCUT2D eigenvalue weighted by Crippen LogP contribution is -2.22. The normalized spacial score (nSPS) is 11.0. The second-order valence-corrected chi connectivity index (χ2v) is 4.72. The third-order valence-corrected chi connectivity index (χ3v) is 3.01. The largest absolute Gasteiger partial charge is 0.466 e. The molecule has 0 aliphatic rings. The van der Waals surface area contributed by atoms with E-state index in [4.69, 9.17) is 9.15 Å². The van der Waals surface area contributed by atoms with Gasteiger partial charge in [-0.1, -0.05) is 18.2 Å². The average molecular weight is 301 g/mol. The molecule has 0 unspecified atom stereocenters. The van der Waals surface area contributed by atoms with Gasteiger partial charge in [0.05, 0.1) is 6.61 Å². The lowest BCUT2D eigenvalue weighted by molar-refractivity contribution is -0.143. The van der Waals surface area contributed by atoms with Crippen LogP contribution in [0, 0.1) is 0 Å². The van der Waals surface area contributed by atoms with Crippen LogP contribution in [0.2, 0.25) is 0 Å². The van der Waals surface area contributed by atoms with Gasteiger partial charge in [0, 0.05) is 24.4 Å². The van der Waals surface area contributed by atoms with Crippen molar-refractivity contribution in [1.82, 2.24) is 5.32 Å². The summed E-state index contributed by atoms with van der Waals surface area (Å²) in [4.78, 5) is 22.8. The maximum absolute atomic E-state index is 11.6. The van der Waals surface area contributed by atoms with Gasteiger partial charge < -0.3 is 14.5 Å². The highest BCUT2D eigenvalue weighted by molar-refractivity contribution is 5.92. The molecule has 1 amide bonds. The second-order valence-electron chi connectivity index (χ2n) is 4.72. The fourth-order valence-electron chi connectivity index (χ4n) is 1.98. The van der Waals surface area contributed by atoms with Crippen LogP contribution in [0.4, 0.5) is 0 Å². The summed E-state index contributed by atoms with van der Waals surface area (Å²) in [5, 5.41) is 3.71. The highest BCUT2D eigenvalue weighted by atomic mass is 16.5. The Morgan fingerprint density at radius 1 is 1.32 bits per heavy atom. The van der Waals surface area contributed by atoms with E-state index in [1.807, 2.05) is 30.3 Å². The monoisotopic (exact) mass is 301 g/mol. The summed E-state index contributed by atoms with van der Waals surface area (Å²) in [5.74, 6) is 0.168. The molecule has 5 nitrogen and oxygen atoms in total. The van der Waals surface area contributed by atoms with Crippen molar-refractivity contribution in [3.05, 3.63) is 42.2 Å². The minimum Gasteiger partial charge on any atom is -0.466 e. The number of benzene rings is 1. The first-order chi connectivity index (χ1) is 10.7. The van der Waals surface area contributed by atoms with Crippen molar-refractivity contribution in [2.24, 2.45) is 0 Å². The molecule has 0 aliphatic carbocycles. The number of fused-ring (bicyclic) bond motifs is 1. The summed E-state index contributed by atoms with van der Waals surface area (Å²) in [6, 6.07) is 9.53. The van der Waals surface area contributed by atoms with Crippen LogP contribution in [0.5, 0.6) is 0 Å². The SMILES string of the molecule is CCOC(=O)CCCNC(=O)/C=C/c1cc2ccccc2o1. The first kappa shape index (κ1) is 15.8. The number of rotatable bonds is 7. The van der Waals surface area contributed by atoms with Crippen molar-refractivity contribution >= 4 is 28.9 Å². The van der Waals surface area contributed by atoms with Crippen LogP contribution in [0.1, 0.15) is 25.5 Å². The zero-order valence-corrected chi connectivity index (χ0v) is 12.5. The third-order valence-electron chi connectivity index (χ3n) is 3.01. The first-order valence-electron chi connectivity index (χ1n) is 7.29. The molecule has 0 spiro atoms. The Morgan fingerprint density at radius 2 is 2.14 bits per heavy atom. The molecule has 1 heterocycles. The van der Waals surface area contributed by atoms with Crippen LogP contribution in [0.15, 0.2) is 40.8 Å². The van der Waals surface area contributed by atoms with Crippen molar-refractivity contribution in [3.8, 4) is 0 Å². The fourth-order valence-corrected chi connectivity index (χ4v) is 1.98. The summed E-state index contributed by atoms with van der Waals surface area (Å²) in [6.07, 6.45) is 3.91. The Balaban J connectivity index is 1.75. The van der Waals surface area contributed by atoms with Crippen LogP contribution in [-0.2, 0) is 14.3 Å². The van der Waals surface area contributed by atoms with Crippen LogP contribution < -0.4 is 5.32 Å². The molecule has 0 atom stereocenters. The molecule has 0 bridgehead atoms. The van der Waals surface area contributed by atoms with Gasteiger partial charge in [0.2, 0.25) is 5.91 Å². The molecule has 1 aromatic heterocycles. The van der Waals surface area contributed by atoms with Crippen molar-refractivity contribution in [2.75, 3.05) is 13.2 Å². The molecular formula is C17H19NO4. The number of carbonyl (C=O) groups excluding carboxylic acids is 2. The predicted octanol–water partition coefficient (Wildman–Crippen LogP) is 2.91. The number of esters is 1. The predicted molar refractivity (Wildman–Crippen MR) is 84.1 cm³/mol. The molecule has 0 saturated carbocycles. The zero-order valence-electron chi connectivity index (χ0n) is 12.5. The summed E-state index contributed by atoms with van der Waals surface area (Å²) < 4.78 is 10.4. The average Bonchev–Trinajstić information content (AvgIpc) is 2.93. The van der Waals surface area contributed by atoms with E-state index < -0.39 is 0 Å². The molecule has 116 valence electrons. The Kier molecular flexibility index (Phi) is 5.77. The molecular weight excluding hydrogens is 282 g/mol. The topological polar surface area (TPSA) is 68.5 Å². The maximum Gasteiger partial charge on any atom is 0.305 e. The van der Waals surface area contributed by atoms with Gasteiger partial charge in [0.25, 0.3) is 0 Å². The molecule has 22 heavy (non-hydrogen) atoms. The minimum atomic E-state index is -0.241. The van der Waals surface area contributed by atoms with Crippen molar-refractivity contribution < 1.29 is 18.7 Å². The number of furan rings is 1. The van der Waals surface area contributed by atoms with Crippen LogP contribution in [0.3, 0.4) is 0 Å². The number of ether oxygens (including phenoxy) is 1. The lowest BCUT2D eigenvalue weighted by Gasteiger charge is -2.02. The molecule has 0 radical (unpaired) electrons. The van der Waals surface area contributed by atoms with Gasteiger partial charge in [-0.2, -0.15) is 0 Å². The molecule has 2 aromatic rings. The van der Waals surface area contributed by atoms with Gasteiger partial charge in [-0.15, -0.1) is 0 Å². The molecule has 5 heteroatoms. The van der Waals surface area contributed by atoms with E-state index >= 15 is 0 Å². The van der Waals surface area contributed by atoms with Crippen LogP contribution in [0.25, 0.3) is 17.0 Å². The number of para-hydroxylation sites is 1. The Morgan fingerprint density at radius 3 is 2.91 bits per heavy atom. The van der Waals surface area contributed by atoms with Gasteiger partial charge in [0.15, 0.2) is 0 Å². The first-order valence-corrected chi connectivity index (χ1v) is 7.29. The number of amides is 1. The molecule has 2 rings (SSSR count). The molecule has 1 aromatic carbocycles. The number of hydrogen-bond acceptors (Lipinski definition) is 4. The smallest absolute Gasteiger partial charge is 0.305 e. The maximum atomic E-state index is 11.6. The summed E-state index contributed by atoms with van der Waals surface area (Å²) in [6.45, 7) is 2.58. The second kappa shape index (κ2) is 8.02. The highest BCUT2D eigenvalue weighted by Crippen LogP contribution is 2.19. The number of hydrogen-bond donors (Lipinski definition) is 1. The van der Waals surface area contributed by atoms with E-state index in [1.165, 1.54) is 6.08 Å². The lowest BCUT2D eigenvalue weighted by atomic mass is 10.2. The van der Waals surface area contributed by atoms with Gasteiger partial charge in [0.1, 0.15) is 11.3 Å². The number of nitrogens with one attached hydrogen (secondary N) is 1. The molecule has 0 fully saturated rings. The van der Waals surface area contributed by atoms with E-state index in [1.54, 1.807) is 13.0 Å². The Labute approximate surface area is 128 Å². The Bertz CT molecular complexity index is 639. The number of carbonyl (C=O) groups is 2. The van der Waals surface area contributed by atoms with E-state index in [0.717, 1.165) is 11.0 Å². The fraction of sp³-hybridized carbons (Fsp3) is 0.294. The van der Waals surface area contributed by atoms with Crippen LogP contribution >= 0.6 is 0 Å². The molecule has 1 N–H and O–H groups in total. The standard InChI is InChI=1S/C17H19NO4/c1-2-21-17(20)8-5-11-18-16(19)10-9-14-12-13-6-3-4-7-15(13)22-14/h3-4,6-7,9-10,12H,2,5,8,11H2,1H3,(H,18,19)/b10-9+.